The predicted molar refractivity (Wildman–Crippen MR) is 104 cm³/mol. The van der Waals surface area contributed by atoms with Gasteiger partial charge in [-0.15, -0.1) is 0 Å². The first-order valence-electron chi connectivity index (χ1n) is 9.17. The second kappa shape index (κ2) is 9.29. The van der Waals surface area contributed by atoms with Gasteiger partial charge in [0.1, 0.15) is 6.04 Å². The van der Waals surface area contributed by atoms with Crippen LogP contribution in [0.1, 0.15) is 36.4 Å². The molecule has 0 bridgehead atoms. The molecule has 2 aromatic rings. The normalized spacial score (nSPS) is 18.4. The average molecular weight is 404 g/mol. The molecule has 0 radical (unpaired) electrons. The van der Waals surface area contributed by atoms with E-state index in [0.29, 0.717) is 18.6 Å². The molecule has 2 N–H and O–H groups in total. The summed E-state index contributed by atoms with van der Waals surface area (Å²) in [6, 6.07) is 13.9. The maximum atomic E-state index is 12.8. The SMILES string of the molecule is Cc1ccc(S(=O)(=O)NC(C(=O)NOC2CCCCO2)c2ccccc2)cc1. The summed E-state index contributed by atoms with van der Waals surface area (Å²) in [5, 5.41) is 0. The van der Waals surface area contributed by atoms with Gasteiger partial charge in [0.05, 0.1) is 4.90 Å². The minimum Gasteiger partial charge on any atom is -0.350 e. The van der Waals surface area contributed by atoms with Gasteiger partial charge in [0.2, 0.25) is 10.0 Å². The lowest BCUT2D eigenvalue weighted by molar-refractivity contribution is -0.201. The molecular weight excluding hydrogens is 380 g/mol. The molecule has 2 atom stereocenters. The zero-order valence-corrected chi connectivity index (χ0v) is 16.4. The van der Waals surface area contributed by atoms with E-state index in [4.69, 9.17) is 9.57 Å². The molecule has 8 heteroatoms. The number of nitrogens with one attached hydrogen (secondary N) is 2. The smallest absolute Gasteiger partial charge is 0.266 e. The first kappa shape index (κ1) is 20.5. The van der Waals surface area contributed by atoms with E-state index in [1.807, 2.05) is 6.92 Å². The van der Waals surface area contributed by atoms with Crippen LogP contribution >= 0.6 is 0 Å². The number of ether oxygens (including phenoxy) is 1. The van der Waals surface area contributed by atoms with E-state index in [2.05, 4.69) is 10.2 Å². The predicted octanol–water partition coefficient (Wildman–Crippen LogP) is 2.59. The molecule has 0 aromatic heterocycles. The molecule has 0 saturated carbocycles. The van der Waals surface area contributed by atoms with E-state index in [1.165, 1.54) is 12.1 Å². The third kappa shape index (κ3) is 5.39. The number of hydroxylamine groups is 1. The molecule has 2 aromatic carbocycles. The van der Waals surface area contributed by atoms with Crippen LogP contribution in [0.4, 0.5) is 0 Å². The molecule has 7 nitrogen and oxygen atoms in total. The number of aryl methyl sites for hydroxylation is 1. The van der Waals surface area contributed by atoms with E-state index in [-0.39, 0.29) is 4.90 Å². The standard InChI is InChI=1S/C20H24N2O5S/c1-15-10-12-17(13-11-15)28(24,25)22-19(16-7-3-2-4-8-16)20(23)21-27-18-9-5-6-14-26-18/h2-4,7-8,10-13,18-19,22H,5-6,9,14H2,1H3,(H,21,23). The van der Waals surface area contributed by atoms with Crippen molar-refractivity contribution in [3.8, 4) is 0 Å². The van der Waals surface area contributed by atoms with Gasteiger partial charge in [-0.05, 0) is 37.5 Å². The minimum atomic E-state index is -3.91. The van der Waals surface area contributed by atoms with Crippen molar-refractivity contribution in [3.05, 3.63) is 65.7 Å². The maximum Gasteiger partial charge on any atom is 0.266 e. The number of rotatable bonds is 7. The van der Waals surface area contributed by atoms with E-state index in [1.54, 1.807) is 42.5 Å². The third-order valence-electron chi connectivity index (χ3n) is 4.43. The Morgan fingerprint density at radius 2 is 1.82 bits per heavy atom. The van der Waals surface area contributed by atoms with Crippen LogP contribution in [-0.4, -0.2) is 27.2 Å². The van der Waals surface area contributed by atoms with Crippen molar-refractivity contribution in [3.63, 3.8) is 0 Å². The Bertz CT molecular complexity index is 879. The van der Waals surface area contributed by atoms with Crippen molar-refractivity contribution >= 4 is 15.9 Å². The van der Waals surface area contributed by atoms with Crippen LogP contribution in [0.15, 0.2) is 59.5 Å². The number of carbonyl (C=O) groups is 1. The zero-order chi connectivity index (χ0) is 20.0. The van der Waals surface area contributed by atoms with Crippen LogP contribution in [0.2, 0.25) is 0 Å². The molecule has 1 aliphatic rings. The van der Waals surface area contributed by atoms with Crippen LogP contribution in [0.3, 0.4) is 0 Å². The molecule has 28 heavy (non-hydrogen) atoms. The molecule has 0 spiro atoms. The number of amides is 1. The topological polar surface area (TPSA) is 93.7 Å². The Morgan fingerprint density at radius 3 is 2.46 bits per heavy atom. The third-order valence-corrected chi connectivity index (χ3v) is 5.87. The molecular formula is C20H24N2O5S. The van der Waals surface area contributed by atoms with Gasteiger partial charge in [-0.1, -0.05) is 48.0 Å². The largest absolute Gasteiger partial charge is 0.350 e. The Balaban J connectivity index is 1.77. The number of hydrogen-bond acceptors (Lipinski definition) is 5. The molecule has 0 aliphatic carbocycles. The van der Waals surface area contributed by atoms with Crippen LogP contribution in [0.5, 0.6) is 0 Å². The number of carbonyl (C=O) groups excluding carboxylic acids is 1. The first-order valence-corrected chi connectivity index (χ1v) is 10.6. The van der Waals surface area contributed by atoms with Gasteiger partial charge in [-0.25, -0.2) is 18.7 Å². The molecule has 1 amide bonds. The lowest BCUT2D eigenvalue weighted by Gasteiger charge is -2.24. The number of hydrogen-bond donors (Lipinski definition) is 2. The summed E-state index contributed by atoms with van der Waals surface area (Å²) in [4.78, 5) is 18.1. The molecule has 150 valence electrons. The summed E-state index contributed by atoms with van der Waals surface area (Å²) in [5.41, 5.74) is 3.79. The van der Waals surface area contributed by atoms with Crippen LogP contribution in [0, 0.1) is 6.92 Å². The van der Waals surface area contributed by atoms with E-state index < -0.39 is 28.3 Å². The van der Waals surface area contributed by atoms with E-state index in [0.717, 1.165) is 18.4 Å². The van der Waals surface area contributed by atoms with Crippen molar-refractivity contribution in [2.45, 2.75) is 43.4 Å². The molecule has 2 unspecified atom stereocenters. The van der Waals surface area contributed by atoms with E-state index >= 15 is 0 Å². The highest BCUT2D eigenvalue weighted by atomic mass is 32.2. The fraction of sp³-hybridized carbons (Fsp3) is 0.350. The van der Waals surface area contributed by atoms with Gasteiger partial charge in [-0.2, -0.15) is 4.72 Å². The molecule has 3 rings (SSSR count). The monoisotopic (exact) mass is 404 g/mol. The van der Waals surface area contributed by atoms with Gasteiger partial charge in [-0.3, -0.25) is 4.79 Å². The van der Waals surface area contributed by atoms with Crippen molar-refractivity contribution in [2.75, 3.05) is 6.61 Å². The van der Waals surface area contributed by atoms with E-state index in [9.17, 15) is 13.2 Å². The quantitative estimate of drug-likeness (QED) is 0.692. The van der Waals surface area contributed by atoms with Crippen molar-refractivity contribution in [1.29, 1.82) is 0 Å². The van der Waals surface area contributed by atoms with Gasteiger partial charge >= 0.3 is 0 Å². The lowest BCUT2D eigenvalue weighted by Crippen LogP contribution is -2.42. The maximum absolute atomic E-state index is 12.8. The zero-order valence-electron chi connectivity index (χ0n) is 15.6. The van der Waals surface area contributed by atoms with Gasteiger partial charge in [0.15, 0.2) is 6.29 Å². The summed E-state index contributed by atoms with van der Waals surface area (Å²) in [6.45, 7) is 2.44. The second-order valence-corrected chi connectivity index (χ2v) is 8.37. The Morgan fingerprint density at radius 1 is 1.11 bits per heavy atom. The Hall–Kier alpha value is -2.26. The number of benzene rings is 2. The van der Waals surface area contributed by atoms with Gasteiger partial charge < -0.3 is 4.74 Å². The summed E-state index contributed by atoms with van der Waals surface area (Å²) < 4.78 is 33.5. The van der Waals surface area contributed by atoms with Crippen molar-refractivity contribution < 1.29 is 22.8 Å². The Labute approximate surface area is 165 Å². The molecule has 1 heterocycles. The summed E-state index contributed by atoms with van der Waals surface area (Å²) in [5.74, 6) is -0.615. The molecule has 1 saturated heterocycles. The Kier molecular flexibility index (Phi) is 6.79. The fourth-order valence-electron chi connectivity index (χ4n) is 2.85. The number of sulfonamides is 1. The second-order valence-electron chi connectivity index (χ2n) is 6.66. The van der Waals surface area contributed by atoms with Gasteiger partial charge in [0.25, 0.3) is 5.91 Å². The average Bonchev–Trinajstić information content (AvgIpc) is 2.72. The van der Waals surface area contributed by atoms with Crippen molar-refractivity contribution in [1.82, 2.24) is 10.2 Å². The first-order chi connectivity index (χ1) is 13.5. The molecule has 1 aliphatic heterocycles. The highest BCUT2D eigenvalue weighted by Gasteiger charge is 2.28. The highest BCUT2D eigenvalue weighted by molar-refractivity contribution is 7.89. The summed E-state index contributed by atoms with van der Waals surface area (Å²) in [7, 11) is -3.91. The highest BCUT2D eigenvalue weighted by Crippen LogP contribution is 2.19. The lowest BCUT2D eigenvalue weighted by atomic mass is 10.1. The van der Waals surface area contributed by atoms with Crippen LogP contribution in [-0.2, 0) is 24.4 Å². The summed E-state index contributed by atoms with van der Waals surface area (Å²) >= 11 is 0. The molecule has 1 fully saturated rings. The van der Waals surface area contributed by atoms with Gasteiger partial charge in [0, 0.05) is 13.0 Å². The fourth-order valence-corrected chi connectivity index (χ4v) is 4.03. The summed E-state index contributed by atoms with van der Waals surface area (Å²) in [6.07, 6.45) is 2.05. The van der Waals surface area contributed by atoms with Crippen LogP contribution < -0.4 is 10.2 Å². The minimum absolute atomic E-state index is 0.0864. The van der Waals surface area contributed by atoms with Crippen molar-refractivity contribution in [2.24, 2.45) is 0 Å². The van der Waals surface area contributed by atoms with Crippen LogP contribution in [0.25, 0.3) is 0 Å².